The van der Waals surface area contributed by atoms with Crippen LogP contribution in [0.1, 0.15) is 38.5 Å². The molecule has 3 nitrogen and oxygen atoms in total. The van der Waals surface area contributed by atoms with Crippen LogP contribution in [0.2, 0.25) is 0 Å². The highest BCUT2D eigenvalue weighted by Gasteiger charge is 2.33. The highest BCUT2D eigenvalue weighted by atomic mass is 15.3. The van der Waals surface area contributed by atoms with E-state index in [4.69, 9.17) is 5.73 Å². The maximum Gasteiger partial charge on any atom is 0.0283 e. The molecule has 2 aliphatic carbocycles. The molecule has 1 aliphatic heterocycles. The van der Waals surface area contributed by atoms with Gasteiger partial charge in [0.2, 0.25) is 0 Å². The number of hydrogen-bond donors (Lipinski definition) is 1. The molecule has 0 bridgehead atoms. The van der Waals surface area contributed by atoms with Gasteiger partial charge in [-0.05, 0) is 31.6 Å². The molecule has 3 rings (SSSR count). The monoisotopic (exact) mass is 237 g/mol. The van der Waals surface area contributed by atoms with Crippen molar-refractivity contribution in [3.8, 4) is 0 Å². The summed E-state index contributed by atoms with van der Waals surface area (Å²) in [6.07, 6.45) is 8.14. The fraction of sp³-hybridized carbons (Fsp3) is 1.00. The Morgan fingerprint density at radius 1 is 0.941 bits per heavy atom. The summed E-state index contributed by atoms with van der Waals surface area (Å²) in [6.45, 7) is 7.53. The van der Waals surface area contributed by atoms with Crippen LogP contribution in [0.4, 0.5) is 0 Å². The molecule has 0 aromatic heterocycles. The van der Waals surface area contributed by atoms with Gasteiger partial charge in [0, 0.05) is 44.8 Å². The second-order valence-electron chi connectivity index (χ2n) is 6.59. The van der Waals surface area contributed by atoms with Gasteiger partial charge >= 0.3 is 0 Å². The summed E-state index contributed by atoms with van der Waals surface area (Å²) in [4.78, 5) is 5.26. The molecule has 3 fully saturated rings. The Labute approximate surface area is 105 Å². The van der Waals surface area contributed by atoms with Gasteiger partial charge in [0.05, 0.1) is 0 Å². The fourth-order valence-corrected chi connectivity index (χ4v) is 3.48. The van der Waals surface area contributed by atoms with Crippen LogP contribution in [0, 0.1) is 5.92 Å². The zero-order chi connectivity index (χ0) is 11.7. The molecule has 0 spiro atoms. The lowest BCUT2D eigenvalue weighted by Gasteiger charge is -2.38. The largest absolute Gasteiger partial charge is 0.324 e. The van der Waals surface area contributed by atoms with Gasteiger partial charge in [0.1, 0.15) is 0 Å². The van der Waals surface area contributed by atoms with Crippen LogP contribution in [-0.2, 0) is 0 Å². The van der Waals surface area contributed by atoms with E-state index < -0.39 is 0 Å². The molecule has 17 heavy (non-hydrogen) atoms. The highest BCUT2D eigenvalue weighted by molar-refractivity contribution is 4.93. The minimum absolute atomic E-state index is 0.151. The number of nitrogens with two attached hydrogens (primary N) is 1. The van der Waals surface area contributed by atoms with Crippen LogP contribution < -0.4 is 5.73 Å². The molecule has 0 amide bonds. The number of hydrogen-bond acceptors (Lipinski definition) is 3. The van der Waals surface area contributed by atoms with E-state index in [1.165, 1.54) is 71.2 Å². The Kier molecular flexibility index (Phi) is 3.42. The zero-order valence-corrected chi connectivity index (χ0v) is 11.0. The average molecular weight is 237 g/mol. The molecule has 0 aromatic rings. The summed E-state index contributed by atoms with van der Waals surface area (Å²) in [5, 5.41) is 0. The van der Waals surface area contributed by atoms with Crippen LogP contribution in [0.5, 0.6) is 0 Å². The smallest absolute Gasteiger partial charge is 0.0283 e. The topological polar surface area (TPSA) is 32.5 Å². The normalized spacial score (nSPS) is 30.9. The first-order valence-corrected chi connectivity index (χ1v) is 7.47. The molecule has 0 unspecified atom stereocenters. The van der Waals surface area contributed by atoms with Crippen molar-refractivity contribution >= 4 is 0 Å². The molecule has 98 valence electrons. The van der Waals surface area contributed by atoms with Crippen molar-refractivity contribution in [2.45, 2.75) is 44.1 Å². The first-order valence-electron chi connectivity index (χ1n) is 7.47. The molecule has 3 heteroatoms. The molecule has 1 saturated heterocycles. The van der Waals surface area contributed by atoms with Gasteiger partial charge in [-0.2, -0.15) is 0 Å². The fourth-order valence-electron chi connectivity index (χ4n) is 3.48. The van der Waals surface area contributed by atoms with Gasteiger partial charge in [-0.3, -0.25) is 4.90 Å². The molecule has 2 saturated carbocycles. The Morgan fingerprint density at radius 3 is 2.12 bits per heavy atom. The summed E-state index contributed by atoms with van der Waals surface area (Å²) in [5.41, 5.74) is 6.61. The van der Waals surface area contributed by atoms with Crippen LogP contribution in [0.3, 0.4) is 0 Å². The highest BCUT2D eigenvalue weighted by Crippen LogP contribution is 2.30. The number of nitrogens with zero attached hydrogens (tertiary/aromatic N) is 2. The summed E-state index contributed by atoms with van der Waals surface area (Å²) in [6, 6.07) is 0. The van der Waals surface area contributed by atoms with Crippen molar-refractivity contribution in [3.63, 3.8) is 0 Å². The minimum Gasteiger partial charge on any atom is -0.324 e. The Bertz CT molecular complexity index is 248. The minimum atomic E-state index is 0.151. The van der Waals surface area contributed by atoms with Crippen LogP contribution in [-0.4, -0.2) is 54.6 Å². The maximum absolute atomic E-state index is 6.46. The SMILES string of the molecule is NC1(CN2CCN(CC3CC3)CC2)CCCC1. The van der Waals surface area contributed by atoms with Crippen molar-refractivity contribution in [2.24, 2.45) is 11.7 Å². The first kappa shape index (κ1) is 11.9. The van der Waals surface area contributed by atoms with E-state index in [-0.39, 0.29) is 5.54 Å². The van der Waals surface area contributed by atoms with E-state index in [1.807, 2.05) is 0 Å². The second kappa shape index (κ2) is 4.87. The molecule has 0 radical (unpaired) electrons. The quantitative estimate of drug-likeness (QED) is 0.799. The zero-order valence-electron chi connectivity index (χ0n) is 11.0. The van der Waals surface area contributed by atoms with Crippen LogP contribution >= 0.6 is 0 Å². The van der Waals surface area contributed by atoms with Crippen molar-refractivity contribution in [1.82, 2.24) is 9.80 Å². The van der Waals surface area contributed by atoms with Gasteiger partial charge < -0.3 is 10.6 Å². The molecular formula is C14H27N3. The molecule has 1 heterocycles. The summed E-state index contributed by atoms with van der Waals surface area (Å²) >= 11 is 0. The van der Waals surface area contributed by atoms with Crippen LogP contribution in [0.15, 0.2) is 0 Å². The second-order valence-corrected chi connectivity index (χ2v) is 6.59. The average Bonchev–Trinajstić information content (AvgIpc) is 3.03. The van der Waals surface area contributed by atoms with E-state index in [0.29, 0.717) is 0 Å². The molecule has 3 aliphatic rings. The predicted octanol–water partition coefficient (Wildman–Crippen LogP) is 1.29. The van der Waals surface area contributed by atoms with E-state index >= 15 is 0 Å². The lowest BCUT2D eigenvalue weighted by Crippen LogP contribution is -2.54. The predicted molar refractivity (Wildman–Crippen MR) is 71.0 cm³/mol. The third-order valence-corrected chi connectivity index (χ3v) is 4.82. The van der Waals surface area contributed by atoms with Gasteiger partial charge in [-0.15, -0.1) is 0 Å². The summed E-state index contributed by atoms with van der Waals surface area (Å²) < 4.78 is 0. The van der Waals surface area contributed by atoms with Crippen molar-refractivity contribution < 1.29 is 0 Å². The van der Waals surface area contributed by atoms with E-state index in [0.717, 1.165) is 12.5 Å². The maximum atomic E-state index is 6.46. The van der Waals surface area contributed by atoms with Crippen molar-refractivity contribution in [1.29, 1.82) is 0 Å². The molecule has 0 atom stereocenters. The first-order chi connectivity index (χ1) is 8.23. The van der Waals surface area contributed by atoms with Gasteiger partial charge in [0.15, 0.2) is 0 Å². The van der Waals surface area contributed by atoms with Crippen LogP contribution in [0.25, 0.3) is 0 Å². The Hall–Kier alpha value is -0.120. The van der Waals surface area contributed by atoms with Crippen molar-refractivity contribution in [3.05, 3.63) is 0 Å². The summed E-state index contributed by atoms with van der Waals surface area (Å²) in [7, 11) is 0. The molecular weight excluding hydrogens is 210 g/mol. The lowest BCUT2D eigenvalue weighted by molar-refractivity contribution is 0.108. The van der Waals surface area contributed by atoms with E-state index in [2.05, 4.69) is 9.80 Å². The number of rotatable bonds is 4. The van der Waals surface area contributed by atoms with E-state index in [9.17, 15) is 0 Å². The number of piperazine rings is 1. The van der Waals surface area contributed by atoms with Crippen molar-refractivity contribution in [2.75, 3.05) is 39.3 Å². The molecule has 2 N–H and O–H groups in total. The van der Waals surface area contributed by atoms with Gasteiger partial charge in [-0.25, -0.2) is 0 Å². The lowest BCUT2D eigenvalue weighted by atomic mass is 9.98. The van der Waals surface area contributed by atoms with Gasteiger partial charge in [0.25, 0.3) is 0 Å². The molecule has 0 aromatic carbocycles. The Balaban J connectivity index is 1.41. The third kappa shape index (κ3) is 3.21. The summed E-state index contributed by atoms with van der Waals surface area (Å²) in [5.74, 6) is 1.04. The van der Waals surface area contributed by atoms with Gasteiger partial charge in [-0.1, -0.05) is 12.8 Å². The standard InChI is InChI=1S/C14H27N3/c15-14(5-1-2-6-14)12-17-9-7-16(8-10-17)11-13-3-4-13/h13H,1-12,15H2. The third-order valence-electron chi connectivity index (χ3n) is 4.82. The Morgan fingerprint density at radius 2 is 1.53 bits per heavy atom. The van der Waals surface area contributed by atoms with E-state index in [1.54, 1.807) is 0 Å².